The summed E-state index contributed by atoms with van der Waals surface area (Å²) in [5.74, 6) is 0. The highest BCUT2D eigenvalue weighted by Crippen LogP contribution is 2.44. The second-order valence-corrected chi connectivity index (χ2v) is 9.22. The molecule has 11 heteroatoms. The Kier molecular flexibility index (Phi) is 4.77. The quantitative estimate of drug-likeness (QED) is 0.533. The van der Waals surface area contributed by atoms with Crippen LogP contribution in [0, 0.1) is 10.1 Å². The Morgan fingerprint density at radius 3 is 2.60 bits per heavy atom. The van der Waals surface area contributed by atoms with Gasteiger partial charge in [0.2, 0.25) is 0 Å². The highest BCUT2D eigenvalue weighted by Gasteiger charge is 2.48. The number of sulfone groups is 1. The van der Waals surface area contributed by atoms with Crippen LogP contribution in [0.3, 0.4) is 0 Å². The predicted molar refractivity (Wildman–Crippen MR) is 101 cm³/mol. The number of benzene rings is 2. The minimum atomic E-state index is -5.69. The second kappa shape index (κ2) is 6.95. The lowest BCUT2D eigenvalue weighted by atomic mass is 9.93. The van der Waals surface area contributed by atoms with Gasteiger partial charge in [0, 0.05) is 12.6 Å². The van der Waals surface area contributed by atoms with E-state index in [1.165, 1.54) is 0 Å². The normalized spacial score (nSPS) is 21.6. The maximum absolute atomic E-state index is 12.9. The van der Waals surface area contributed by atoms with Gasteiger partial charge in [-0.2, -0.15) is 13.2 Å². The molecule has 0 aromatic heterocycles. The molecule has 1 heterocycles. The van der Waals surface area contributed by atoms with Crippen LogP contribution < -0.4 is 4.90 Å². The molecular weight excluding hydrogens is 425 g/mol. The number of aryl methyl sites for hydroxylation is 1. The smallest absolute Gasteiger partial charge is 0.367 e. The number of halogens is 3. The maximum atomic E-state index is 12.9. The molecule has 1 unspecified atom stereocenters. The van der Waals surface area contributed by atoms with Gasteiger partial charge in [-0.05, 0) is 36.1 Å². The van der Waals surface area contributed by atoms with Crippen molar-refractivity contribution in [3.63, 3.8) is 0 Å². The molecule has 1 aliphatic carbocycles. The molecule has 1 fully saturated rings. The summed E-state index contributed by atoms with van der Waals surface area (Å²) in [5.41, 5.74) is -4.72. The standard InChI is InChI=1S/C19H17F3N2O5S/c20-19(21,22)30(27,28)14-5-6-16(17(11-14)24(25)26)23-9-10-29-18(12-23)8-7-13-3-1-2-4-15(13)18/h1-6,11H,7-10,12H2. The van der Waals surface area contributed by atoms with Gasteiger partial charge in [0.15, 0.2) is 0 Å². The number of hydrogen-bond acceptors (Lipinski definition) is 6. The maximum Gasteiger partial charge on any atom is 0.501 e. The van der Waals surface area contributed by atoms with Gasteiger partial charge in [0.05, 0.1) is 23.0 Å². The number of nitrogens with zero attached hydrogens (tertiary/aromatic N) is 2. The third kappa shape index (κ3) is 3.21. The molecule has 2 aromatic carbocycles. The van der Waals surface area contributed by atoms with Crippen molar-refractivity contribution in [1.82, 2.24) is 0 Å². The first-order valence-corrected chi connectivity index (χ1v) is 10.6. The van der Waals surface area contributed by atoms with Gasteiger partial charge in [-0.1, -0.05) is 24.3 Å². The molecule has 2 aliphatic rings. The zero-order valence-electron chi connectivity index (χ0n) is 15.6. The highest BCUT2D eigenvalue weighted by molar-refractivity contribution is 7.92. The van der Waals surface area contributed by atoms with Crippen molar-refractivity contribution in [2.45, 2.75) is 28.8 Å². The largest absolute Gasteiger partial charge is 0.501 e. The van der Waals surface area contributed by atoms with E-state index in [-0.39, 0.29) is 25.4 Å². The van der Waals surface area contributed by atoms with Crippen LogP contribution in [-0.4, -0.2) is 38.5 Å². The van der Waals surface area contributed by atoms with Gasteiger partial charge in [-0.25, -0.2) is 8.42 Å². The Morgan fingerprint density at radius 1 is 1.17 bits per heavy atom. The number of ether oxygens (including phenoxy) is 1. The van der Waals surface area contributed by atoms with E-state index in [1.54, 1.807) is 4.90 Å². The van der Waals surface area contributed by atoms with Crippen molar-refractivity contribution in [2.24, 2.45) is 0 Å². The van der Waals surface area contributed by atoms with Gasteiger partial charge in [-0.15, -0.1) is 0 Å². The van der Waals surface area contributed by atoms with E-state index in [2.05, 4.69) is 0 Å². The molecule has 2 aromatic rings. The molecule has 0 radical (unpaired) electrons. The summed E-state index contributed by atoms with van der Waals surface area (Å²) in [6, 6.07) is 10.0. The summed E-state index contributed by atoms with van der Waals surface area (Å²) in [4.78, 5) is 11.2. The number of fused-ring (bicyclic) bond motifs is 2. The van der Waals surface area contributed by atoms with Crippen molar-refractivity contribution >= 4 is 21.2 Å². The molecule has 160 valence electrons. The molecular formula is C19H17F3N2O5S. The Morgan fingerprint density at radius 2 is 1.90 bits per heavy atom. The van der Waals surface area contributed by atoms with E-state index in [0.717, 1.165) is 29.7 Å². The lowest BCUT2D eigenvalue weighted by molar-refractivity contribution is -0.384. The van der Waals surface area contributed by atoms with Gasteiger partial charge < -0.3 is 9.64 Å². The number of anilines is 1. The van der Waals surface area contributed by atoms with Crippen molar-refractivity contribution in [3.8, 4) is 0 Å². The van der Waals surface area contributed by atoms with E-state index in [0.29, 0.717) is 12.5 Å². The van der Waals surface area contributed by atoms with Crippen LogP contribution in [0.25, 0.3) is 0 Å². The van der Waals surface area contributed by atoms with Gasteiger partial charge in [-0.3, -0.25) is 10.1 Å². The second-order valence-electron chi connectivity index (χ2n) is 7.28. The summed E-state index contributed by atoms with van der Waals surface area (Å²) in [6.45, 7) is 0.834. The van der Waals surface area contributed by atoms with E-state index in [1.807, 2.05) is 24.3 Å². The highest BCUT2D eigenvalue weighted by atomic mass is 32.2. The Labute approximate surface area is 170 Å². The zero-order valence-corrected chi connectivity index (χ0v) is 16.4. The SMILES string of the molecule is O=[N+]([O-])c1cc(S(=O)(=O)C(F)(F)F)ccc1N1CCOC2(CCc3ccccc32)C1. The number of hydrogen-bond donors (Lipinski definition) is 0. The topological polar surface area (TPSA) is 89.8 Å². The summed E-state index contributed by atoms with van der Waals surface area (Å²) < 4.78 is 68.0. The van der Waals surface area contributed by atoms with Crippen molar-refractivity contribution < 1.29 is 31.2 Å². The Bertz CT molecular complexity index is 1120. The van der Waals surface area contributed by atoms with Crippen molar-refractivity contribution in [1.29, 1.82) is 0 Å². The fraction of sp³-hybridized carbons (Fsp3) is 0.368. The lowest BCUT2D eigenvalue weighted by Gasteiger charge is -2.42. The number of rotatable bonds is 3. The number of morpholine rings is 1. The van der Waals surface area contributed by atoms with Crippen LogP contribution in [0.4, 0.5) is 24.5 Å². The third-order valence-electron chi connectivity index (χ3n) is 5.59. The average Bonchev–Trinajstić information content (AvgIpc) is 3.04. The molecule has 0 N–H and O–H groups in total. The van der Waals surface area contributed by atoms with Gasteiger partial charge in [0.1, 0.15) is 11.3 Å². The first-order valence-electron chi connectivity index (χ1n) is 9.12. The minimum absolute atomic E-state index is 0.0631. The predicted octanol–water partition coefficient (Wildman–Crippen LogP) is 3.57. The van der Waals surface area contributed by atoms with Crippen molar-refractivity contribution in [2.75, 3.05) is 24.6 Å². The summed E-state index contributed by atoms with van der Waals surface area (Å²) in [7, 11) is -5.69. The van der Waals surface area contributed by atoms with Crippen LogP contribution in [-0.2, 0) is 26.6 Å². The monoisotopic (exact) mass is 442 g/mol. The summed E-state index contributed by atoms with van der Waals surface area (Å²) in [6.07, 6.45) is 1.46. The number of nitro groups is 1. The number of alkyl halides is 3. The van der Waals surface area contributed by atoms with Crippen LogP contribution in [0.5, 0.6) is 0 Å². The summed E-state index contributed by atoms with van der Waals surface area (Å²) >= 11 is 0. The molecule has 4 rings (SSSR count). The molecule has 7 nitrogen and oxygen atoms in total. The molecule has 1 aliphatic heterocycles. The van der Waals surface area contributed by atoms with Crippen LogP contribution in [0.15, 0.2) is 47.4 Å². The molecule has 1 atom stereocenters. The number of nitro benzene ring substituents is 1. The molecule has 0 saturated carbocycles. The molecule has 0 amide bonds. The third-order valence-corrected chi connectivity index (χ3v) is 7.08. The van der Waals surface area contributed by atoms with Crippen LogP contribution >= 0.6 is 0 Å². The first-order chi connectivity index (χ1) is 14.1. The molecule has 30 heavy (non-hydrogen) atoms. The van der Waals surface area contributed by atoms with E-state index in [4.69, 9.17) is 4.74 Å². The van der Waals surface area contributed by atoms with Crippen molar-refractivity contribution in [3.05, 3.63) is 63.7 Å². The van der Waals surface area contributed by atoms with E-state index in [9.17, 15) is 31.7 Å². The molecule has 1 saturated heterocycles. The fourth-order valence-corrected chi connectivity index (χ4v) is 4.96. The molecule has 0 bridgehead atoms. The zero-order chi connectivity index (χ0) is 21.7. The average molecular weight is 442 g/mol. The van der Waals surface area contributed by atoms with E-state index >= 15 is 0 Å². The summed E-state index contributed by atoms with van der Waals surface area (Å²) in [5, 5.41) is 11.6. The Balaban J connectivity index is 1.73. The van der Waals surface area contributed by atoms with E-state index < -0.39 is 36.5 Å². The van der Waals surface area contributed by atoms with Gasteiger partial charge >= 0.3 is 5.51 Å². The Hall–Kier alpha value is -2.66. The molecule has 1 spiro atoms. The first kappa shape index (κ1) is 20.6. The fourth-order valence-electron chi connectivity index (χ4n) is 4.18. The lowest BCUT2D eigenvalue weighted by Crippen LogP contribution is -2.49. The van der Waals surface area contributed by atoms with Gasteiger partial charge in [0.25, 0.3) is 15.5 Å². The minimum Gasteiger partial charge on any atom is -0.367 e. The van der Waals surface area contributed by atoms with Crippen LogP contribution in [0.1, 0.15) is 17.5 Å². The van der Waals surface area contributed by atoms with Crippen LogP contribution in [0.2, 0.25) is 0 Å².